The maximum Gasteiger partial charge on any atom is 0.305 e. The number of ether oxygens (including phenoxy) is 1. The van der Waals surface area contributed by atoms with Crippen LogP contribution in [0.5, 0.6) is 0 Å². The van der Waals surface area contributed by atoms with Crippen LogP contribution in [-0.2, 0) is 19.1 Å². The summed E-state index contributed by atoms with van der Waals surface area (Å²) in [7, 11) is 1.35. The highest BCUT2D eigenvalue weighted by atomic mass is 32.2. The van der Waals surface area contributed by atoms with E-state index in [9.17, 15) is 14.4 Å². The Kier molecular flexibility index (Phi) is 9.07. The Labute approximate surface area is 169 Å². The van der Waals surface area contributed by atoms with Crippen LogP contribution in [0.4, 0.5) is 5.69 Å². The van der Waals surface area contributed by atoms with Crippen molar-refractivity contribution in [1.82, 2.24) is 5.32 Å². The lowest BCUT2D eigenvalue weighted by Gasteiger charge is -2.09. The highest BCUT2D eigenvalue weighted by Gasteiger charge is 2.07. The predicted molar refractivity (Wildman–Crippen MR) is 112 cm³/mol. The second-order valence-electron chi connectivity index (χ2n) is 6.00. The SMILES string of the molecule is COC(=O)CCCSCC(=O)NCC(=O)Nc1cccc(-c2ccccc2)c1. The average Bonchev–Trinajstić information content (AvgIpc) is 2.72. The molecule has 0 heterocycles. The molecule has 0 aliphatic heterocycles. The summed E-state index contributed by atoms with van der Waals surface area (Å²) in [5.74, 6) is 0.183. The van der Waals surface area contributed by atoms with Gasteiger partial charge in [0.1, 0.15) is 0 Å². The monoisotopic (exact) mass is 400 g/mol. The topological polar surface area (TPSA) is 84.5 Å². The fraction of sp³-hybridized carbons (Fsp3) is 0.286. The molecule has 148 valence electrons. The van der Waals surface area contributed by atoms with Crippen molar-refractivity contribution in [3.05, 3.63) is 54.6 Å². The number of methoxy groups -OCH3 is 1. The molecule has 2 aromatic carbocycles. The Morgan fingerprint density at radius 2 is 1.71 bits per heavy atom. The van der Waals surface area contributed by atoms with E-state index in [2.05, 4.69) is 15.4 Å². The molecule has 2 rings (SSSR count). The van der Waals surface area contributed by atoms with Crippen molar-refractivity contribution in [2.45, 2.75) is 12.8 Å². The molecular weight excluding hydrogens is 376 g/mol. The van der Waals surface area contributed by atoms with Crippen molar-refractivity contribution in [3.8, 4) is 11.1 Å². The standard InChI is InChI=1S/C21H24N2O4S/c1-27-21(26)11-6-12-28-15-20(25)22-14-19(24)23-18-10-5-9-17(13-18)16-7-3-2-4-8-16/h2-5,7-10,13H,6,11-12,14-15H2,1H3,(H,22,25)(H,23,24). The van der Waals surface area contributed by atoms with E-state index in [1.54, 1.807) is 0 Å². The predicted octanol–water partition coefficient (Wildman–Crippen LogP) is 3.09. The fourth-order valence-corrected chi connectivity index (χ4v) is 3.21. The Balaban J connectivity index is 1.70. The maximum atomic E-state index is 12.1. The second kappa shape index (κ2) is 11.8. The number of hydrogen-bond acceptors (Lipinski definition) is 5. The summed E-state index contributed by atoms with van der Waals surface area (Å²) in [5, 5.41) is 5.39. The molecule has 2 aromatic rings. The van der Waals surface area contributed by atoms with Crippen LogP contribution in [0.25, 0.3) is 11.1 Å². The number of nitrogens with one attached hydrogen (secondary N) is 2. The lowest BCUT2D eigenvalue weighted by atomic mass is 10.1. The highest BCUT2D eigenvalue weighted by Crippen LogP contribution is 2.22. The van der Waals surface area contributed by atoms with E-state index in [1.807, 2.05) is 54.6 Å². The van der Waals surface area contributed by atoms with E-state index in [0.29, 0.717) is 24.3 Å². The zero-order chi connectivity index (χ0) is 20.2. The lowest BCUT2D eigenvalue weighted by molar-refractivity contribution is -0.140. The molecule has 7 heteroatoms. The minimum Gasteiger partial charge on any atom is -0.469 e. The summed E-state index contributed by atoms with van der Waals surface area (Å²) in [6, 6.07) is 17.4. The molecule has 0 fully saturated rings. The largest absolute Gasteiger partial charge is 0.469 e. The fourth-order valence-electron chi connectivity index (χ4n) is 2.43. The van der Waals surface area contributed by atoms with E-state index in [0.717, 1.165) is 11.1 Å². The van der Waals surface area contributed by atoms with Gasteiger partial charge in [-0.05, 0) is 35.4 Å². The van der Waals surface area contributed by atoms with E-state index in [1.165, 1.54) is 18.9 Å². The Morgan fingerprint density at radius 3 is 2.46 bits per heavy atom. The van der Waals surface area contributed by atoms with Gasteiger partial charge in [0.05, 0.1) is 19.4 Å². The Bertz CT molecular complexity index is 796. The van der Waals surface area contributed by atoms with Crippen molar-refractivity contribution >= 4 is 35.2 Å². The first-order chi connectivity index (χ1) is 13.6. The third kappa shape index (κ3) is 7.84. The molecule has 2 N–H and O–H groups in total. The van der Waals surface area contributed by atoms with Crippen LogP contribution >= 0.6 is 11.8 Å². The van der Waals surface area contributed by atoms with Crippen molar-refractivity contribution < 1.29 is 19.1 Å². The highest BCUT2D eigenvalue weighted by molar-refractivity contribution is 7.99. The van der Waals surface area contributed by atoms with Crippen LogP contribution in [0.2, 0.25) is 0 Å². The van der Waals surface area contributed by atoms with Crippen LogP contribution in [0, 0.1) is 0 Å². The Hall–Kier alpha value is -2.80. The molecule has 0 aliphatic carbocycles. The number of benzene rings is 2. The number of rotatable bonds is 10. The number of carbonyl (C=O) groups excluding carboxylic acids is 3. The molecule has 0 radical (unpaired) electrons. The van der Waals surface area contributed by atoms with Crippen LogP contribution in [-0.4, -0.2) is 42.9 Å². The Morgan fingerprint density at radius 1 is 0.964 bits per heavy atom. The third-order valence-electron chi connectivity index (χ3n) is 3.83. The second-order valence-corrected chi connectivity index (χ2v) is 7.11. The van der Waals surface area contributed by atoms with Gasteiger partial charge in [-0.15, -0.1) is 0 Å². The number of anilines is 1. The number of amides is 2. The van der Waals surface area contributed by atoms with Gasteiger partial charge in [-0.2, -0.15) is 11.8 Å². The van der Waals surface area contributed by atoms with E-state index in [4.69, 9.17) is 0 Å². The van der Waals surface area contributed by atoms with E-state index < -0.39 is 0 Å². The summed E-state index contributed by atoms with van der Waals surface area (Å²) in [4.78, 5) is 34.8. The van der Waals surface area contributed by atoms with Gasteiger partial charge in [-0.3, -0.25) is 14.4 Å². The van der Waals surface area contributed by atoms with Crippen LogP contribution in [0.1, 0.15) is 12.8 Å². The van der Waals surface area contributed by atoms with Gasteiger partial charge in [-0.1, -0.05) is 42.5 Å². The molecule has 0 bridgehead atoms. The van der Waals surface area contributed by atoms with Gasteiger partial charge < -0.3 is 15.4 Å². The molecule has 0 unspecified atom stereocenters. The van der Waals surface area contributed by atoms with Gasteiger partial charge in [-0.25, -0.2) is 0 Å². The summed E-state index contributed by atoms with van der Waals surface area (Å²) in [6.07, 6.45) is 0.998. The molecule has 0 atom stereocenters. The molecule has 0 saturated heterocycles. The van der Waals surface area contributed by atoms with E-state index in [-0.39, 0.29) is 30.1 Å². The average molecular weight is 401 g/mol. The summed E-state index contributed by atoms with van der Waals surface area (Å²) < 4.78 is 4.55. The third-order valence-corrected chi connectivity index (χ3v) is 4.87. The zero-order valence-corrected chi connectivity index (χ0v) is 16.6. The van der Waals surface area contributed by atoms with Gasteiger partial charge >= 0.3 is 5.97 Å². The van der Waals surface area contributed by atoms with Gasteiger partial charge in [0.2, 0.25) is 11.8 Å². The zero-order valence-electron chi connectivity index (χ0n) is 15.8. The van der Waals surface area contributed by atoms with Crippen molar-refractivity contribution in [2.24, 2.45) is 0 Å². The van der Waals surface area contributed by atoms with Crippen molar-refractivity contribution in [1.29, 1.82) is 0 Å². The first kappa shape index (κ1) is 21.5. The smallest absolute Gasteiger partial charge is 0.305 e. The number of carbonyl (C=O) groups is 3. The summed E-state index contributed by atoms with van der Waals surface area (Å²) in [6.45, 7) is -0.0862. The molecule has 0 aliphatic rings. The number of esters is 1. The van der Waals surface area contributed by atoms with Gasteiger partial charge in [0.25, 0.3) is 0 Å². The molecule has 0 saturated carbocycles. The van der Waals surface area contributed by atoms with Gasteiger partial charge in [0, 0.05) is 12.1 Å². The quantitative estimate of drug-likeness (QED) is 0.473. The first-order valence-corrected chi connectivity index (χ1v) is 10.1. The molecule has 0 aromatic heterocycles. The molecule has 0 spiro atoms. The minimum atomic E-state index is -0.283. The molecule has 2 amide bonds. The summed E-state index contributed by atoms with van der Waals surface area (Å²) in [5.41, 5.74) is 2.75. The number of hydrogen-bond donors (Lipinski definition) is 2. The molecule has 6 nitrogen and oxygen atoms in total. The van der Waals surface area contributed by atoms with E-state index >= 15 is 0 Å². The minimum absolute atomic E-state index is 0.0862. The lowest BCUT2D eigenvalue weighted by Crippen LogP contribution is -2.34. The maximum absolute atomic E-state index is 12.1. The molecular formula is C21H24N2O4S. The first-order valence-electron chi connectivity index (χ1n) is 8.95. The van der Waals surface area contributed by atoms with Gasteiger partial charge in [0.15, 0.2) is 0 Å². The van der Waals surface area contributed by atoms with Crippen LogP contribution < -0.4 is 10.6 Å². The normalized spacial score (nSPS) is 10.2. The van der Waals surface area contributed by atoms with Crippen LogP contribution in [0.3, 0.4) is 0 Å². The van der Waals surface area contributed by atoms with Crippen molar-refractivity contribution in [2.75, 3.05) is 30.5 Å². The van der Waals surface area contributed by atoms with Crippen LogP contribution in [0.15, 0.2) is 54.6 Å². The number of thioether (sulfide) groups is 1. The van der Waals surface area contributed by atoms with Crippen molar-refractivity contribution in [3.63, 3.8) is 0 Å². The molecule has 28 heavy (non-hydrogen) atoms. The summed E-state index contributed by atoms with van der Waals surface area (Å²) >= 11 is 1.42.